The molecule has 2 aromatic carbocycles. The molecule has 0 aliphatic carbocycles. The molecule has 0 spiro atoms. The molecule has 0 bridgehead atoms. The van der Waals surface area contributed by atoms with Crippen LogP contribution in [0, 0.1) is 0 Å². The molecule has 7 heteroatoms. The molecule has 2 aliphatic heterocycles. The Balaban J connectivity index is 1.07. The van der Waals surface area contributed by atoms with Crippen molar-refractivity contribution in [2.45, 2.75) is 147 Å². The van der Waals surface area contributed by atoms with Crippen molar-refractivity contribution in [2.24, 2.45) is 0 Å². The smallest absolute Gasteiger partial charge is 0.494 e. The average molecular weight is 625 g/mol. The van der Waals surface area contributed by atoms with Gasteiger partial charge in [-0.1, -0.05) is 115 Å². The summed E-state index contributed by atoms with van der Waals surface area (Å²) in [5.41, 5.74) is 2.13. The van der Waals surface area contributed by atoms with Crippen LogP contribution in [-0.2, 0) is 14.0 Å². The van der Waals surface area contributed by atoms with Gasteiger partial charge < -0.3 is 23.5 Å². The first-order valence-corrected chi connectivity index (χ1v) is 18.2. The summed E-state index contributed by atoms with van der Waals surface area (Å²) in [6.07, 6.45) is 19.1. The molecule has 250 valence electrons. The van der Waals surface area contributed by atoms with Crippen molar-refractivity contribution in [3.8, 4) is 11.5 Å². The molecule has 0 saturated carbocycles. The number of rotatable bonds is 22. The third kappa shape index (κ3) is 12.9. The summed E-state index contributed by atoms with van der Waals surface area (Å²) >= 11 is 0. The average Bonchev–Trinajstić information content (AvgIpc) is 3.07. The third-order valence-corrected chi connectivity index (χ3v) is 9.15. The van der Waals surface area contributed by atoms with Gasteiger partial charge in [-0.2, -0.15) is 0 Å². The second kappa shape index (κ2) is 20.9. The van der Waals surface area contributed by atoms with Crippen molar-refractivity contribution < 1.29 is 27.9 Å². The minimum atomic E-state index is -0.796. The van der Waals surface area contributed by atoms with Crippen LogP contribution < -0.4 is 14.9 Å². The maximum Gasteiger partial charge on any atom is 0.494 e. The lowest BCUT2D eigenvalue weighted by atomic mass is 9.76. The maximum absolute atomic E-state index is 13.7. The molecule has 2 aromatic rings. The number of ether oxygens (including phenoxy) is 3. The number of fused-ring (bicyclic) bond motifs is 1. The highest BCUT2D eigenvalue weighted by molar-refractivity contribution is 6.61. The van der Waals surface area contributed by atoms with Gasteiger partial charge in [0.05, 0.1) is 32.0 Å². The Morgan fingerprint density at radius 3 is 1.93 bits per heavy atom. The molecule has 5 nitrogen and oxygen atoms in total. The van der Waals surface area contributed by atoms with Crippen LogP contribution in [0.2, 0.25) is 0 Å². The number of halogens is 1. The second-order valence-electron chi connectivity index (χ2n) is 13.0. The van der Waals surface area contributed by atoms with Gasteiger partial charge >= 0.3 is 7.12 Å². The highest BCUT2D eigenvalue weighted by atomic mass is 19.1. The Bertz CT molecular complexity index is 1040. The topological polar surface area (TPSA) is 46.2 Å². The Labute approximate surface area is 273 Å². The van der Waals surface area contributed by atoms with Crippen LogP contribution in [0.1, 0.15) is 135 Å². The zero-order chi connectivity index (χ0) is 31.5. The zero-order valence-corrected chi connectivity index (χ0v) is 28.1. The molecule has 2 saturated heterocycles. The van der Waals surface area contributed by atoms with Crippen molar-refractivity contribution in [3.63, 3.8) is 0 Å². The van der Waals surface area contributed by atoms with Crippen LogP contribution in [0.5, 0.6) is 11.5 Å². The summed E-state index contributed by atoms with van der Waals surface area (Å²) in [4.78, 5) is 0. The monoisotopic (exact) mass is 624 g/mol. The zero-order valence-electron chi connectivity index (χ0n) is 28.1. The highest BCUT2D eigenvalue weighted by Crippen LogP contribution is 2.35. The first kappa shape index (κ1) is 35.8. The van der Waals surface area contributed by atoms with Gasteiger partial charge in [-0.05, 0) is 61.0 Å². The minimum absolute atomic E-state index is 0.00846. The van der Waals surface area contributed by atoms with E-state index in [-0.39, 0.29) is 18.3 Å². The summed E-state index contributed by atoms with van der Waals surface area (Å²) in [5, 5.41) is 0. The largest absolute Gasteiger partial charge is 0.494 e. The Morgan fingerprint density at radius 1 is 0.689 bits per heavy atom. The number of unbranched alkanes of at least 4 members (excludes halogenated alkanes) is 11. The highest BCUT2D eigenvalue weighted by Gasteiger charge is 2.41. The van der Waals surface area contributed by atoms with Gasteiger partial charge in [0, 0.05) is 6.42 Å². The van der Waals surface area contributed by atoms with Gasteiger partial charge in [0.25, 0.3) is 0 Å². The normalized spacial score (nSPS) is 20.5. The predicted molar refractivity (Wildman–Crippen MR) is 182 cm³/mol. The van der Waals surface area contributed by atoms with Crippen molar-refractivity contribution in [1.82, 2.24) is 0 Å². The Hall–Kier alpha value is -2.09. The second-order valence-corrected chi connectivity index (χ2v) is 13.0. The SMILES string of the molecule is CCCCCCCCCCCCCCOc1ccc([C@H]2CC[C@@H]3OB(c4ccc(OCCC(F)CCC)cc4)OC[C@H]3O2)cc1. The summed E-state index contributed by atoms with van der Waals surface area (Å²) in [6.45, 7) is 5.94. The molecule has 1 unspecified atom stereocenters. The molecule has 0 amide bonds. The molecule has 45 heavy (non-hydrogen) atoms. The fourth-order valence-corrected chi connectivity index (χ4v) is 6.37. The fraction of sp³-hybridized carbons (Fsp3) is 0.684. The van der Waals surface area contributed by atoms with Crippen LogP contribution in [0.25, 0.3) is 0 Å². The molecule has 2 fully saturated rings. The first-order chi connectivity index (χ1) is 22.2. The number of hydrogen-bond acceptors (Lipinski definition) is 5. The molecule has 0 aromatic heterocycles. The quantitative estimate of drug-likeness (QED) is 0.0964. The summed E-state index contributed by atoms with van der Waals surface area (Å²) in [6, 6.07) is 16.2. The standard InChI is InChI=1S/C38H58BFO5/c1-3-5-6-7-8-9-10-11-12-13-14-15-28-41-34-21-17-31(18-22-34)36-25-26-37-38(44-36)30-43-39(45-37)32-19-23-35(24-20-32)42-29-27-33(40)16-4-2/h17-24,33,36-38H,3-16,25-30H2,1-2H3/t33?,36-,37+,38-/m1/s1. The van der Waals surface area contributed by atoms with E-state index in [1.165, 1.54) is 76.2 Å². The van der Waals surface area contributed by atoms with Crippen molar-refractivity contribution >= 4 is 12.6 Å². The minimum Gasteiger partial charge on any atom is -0.494 e. The van der Waals surface area contributed by atoms with Gasteiger partial charge in [-0.25, -0.2) is 4.39 Å². The van der Waals surface area contributed by atoms with Crippen molar-refractivity contribution in [1.29, 1.82) is 0 Å². The molecule has 4 atom stereocenters. The van der Waals surface area contributed by atoms with E-state index in [2.05, 4.69) is 31.2 Å². The van der Waals surface area contributed by atoms with Gasteiger partial charge in [0.2, 0.25) is 0 Å². The van der Waals surface area contributed by atoms with Gasteiger partial charge in [0.15, 0.2) is 0 Å². The van der Waals surface area contributed by atoms with E-state index in [0.29, 0.717) is 26.1 Å². The summed E-state index contributed by atoms with van der Waals surface area (Å²) in [5.74, 6) is 1.67. The number of hydrogen-bond donors (Lipinski definition) is 0. The molecule has 2 aliphatic rings. The summed E-state index contributed by atoms with van der Waals surface area (Å²) in [7, 11) is -0.415. The van der Waals surface area contributed by atoms with Crippen LogP contribution in [0.3, 0.4) is 0 Å². The van der Waals surface area contributed by atoms with E-state index in [9.17, 15) is 4.39 Å². The van der Waals surface area contributed by atoms with Gasteiger partial charge in [-0.15, -0.1) is 0 Å². The van der Waals surface area contributed by atoms with Crippen LogP contribution in [0.15, 0.2) is 48.5 Å². The molecular weight excluding hydrogens is 566 g/mol. The molecule has 0 radical (unpaired) electrons. The van der Waals surface area contributed by atoms with Crippen LogP contribution >= 0.6 is 0 Å². The van der Waals surface area contributed by atoms with E-state index in [4.69, 9.17) is 23.5 Å². The van der Waals surface area contributed by atoms with E-state index in [1.807, 2.05) is 31.2 Å². The van der Waals surface area contributed by atoms with Gasteiger partial charge in [0.1, 0.15) is 23.8 Å². The molecular formula is C38H58BFO5. The van der Waals surface area contributed by atoms with E-state index in [1.54, 1.807) is 0 Å². The van der Waals surface area contributed by atoms with E-state index < -0.39 is 13.3 Å². The lowest BCUT2D eigenvalue weighted by Gasteiger charge is -2.41. The first-order valence-electron chi connectivity index (χ1n) is 18.2. The van der Waals surface area contributed by atoms with Crippen molar-refractivity contribution in [3.05, 3.63) is 54.1 Å². The van der Waals surface area contributed by atoms with E-state index in [0.717, 1.165) is 49.3 Å². The summed E-state index contributed by atoms with van der Waals surface area (Å²) < 4.78 is 44.3. The maximum atomic E-state index is 13.7. The molecule has 0 N–H and O–H groups in total. The van der Waals surface area contributed by atoms with Crippen LogP contribution in [0.4, 0.5) is 4.39 Å². The fourth-order valence-electron chi connectivity index (χ4n) is 6.37. The Morgan fingerprint density at radius 2 is 1.29 bits per heavy atom. The Kier molecular flexibility index (Phi) is 16.6. The molecule has 4 rings (SSSR count). The number of alkyl halides is 1. The van der Waals surface area contributed by atoms with Crippen molar-refractivity contribution in [2.75, 3.05) is 19.8 Å². The lowest BCUT2D eigenvalue weighted by Crippen LogP contribution is -2.54. The van der Waals surface area contributed by atoms with Crippen LogP contribution in [-0.4, -0.2) is 45.3 Å². The van der Waals surface area contributed by atoms with Gasteiger partial charge in [-0.3, -0.25) is 0 Å². The number of benzene rings is 2. The van der Waals surface area contributed by atoms with E-state index >= 15 is 0 Å². The third-order valence-electron chi connectivity index (χ3n) is 9.15. The lowest BCUT2D eigenvalue weighted by molar-refractivity contribution is -0.150. The molecule has 2 heterocycles. The predicted octanol–water partition coefficient (Wildman–Crippen LogP) is 9.70.